The largest absolute Gasteiger partial charge is 0.319 e. The van der Waals surface area contributed by atoms with Crippen LogP contribution in [-0.2, 0) is 6.54 Å². The first-order chi connectivity index (χ1) is 7.75. The lowest BCUT2D eigenvalue weighted by Crippen LogP contribution is -2.39. The number of hydrogen-bond acceptors (Lipinski definition) is 3. The fraction of sp³-hybridized carbons (Fsp3) is 0.833. The third-order valence-corrected chi connectivity index (χ3v) is 3.63. The number of nitrogens with zero attached hydrogens (tertiary/aromatic N) is 4. The van der Waals surface area contributed by atoms with Crippen LogP contribution in [0.3, 0.4) is 0 Å². The summed E-state index contributed by atoms with van der Waals surface area (Å²) in [6.45, 7) is 9.34. The van der Waals surface area contributed by atoms with E-state index in [0.29, 0.717) is 0 Å². The maximum Gasteiger partial charge on any atom is 0.119 e. The Morgan fingerprint density at radius 2 is 2.00 bits per heavy atom. The van der Waals surface area contributed by atoms with Gasteiger partial charge in [-0.3, -0.25) is 0 Å². The highest BCUT2D eigenvalue weighted by Gasteiger charge is 2.21. The highest BCUT2D eigenvalue weighted by atomic mass is 15.2. The smallest absolute Gasteiger partial charge is 0.119 e. The second kappa shape index (κ2) is 5.43. The van der Waals surface area contributed by atoms with Gasteiger partial charge in [0.2, 0.25) is 0 Å². The third-order valence-electron chi connectivity index (χ3n) is 3.63. The molecular weight excluding hydrogens is 200 g/mol. The number of aromatic nitrogens is 3. The Morgan fingerprint density at radius 3 is 2.69 bits per heavy atom. The molecular formula is C12H22N4. The van der Waals surface area contributed by atoms with E-state index >= 15 is 0 Å². The molecule has 0 saturated carbocycles. The van der Waals surface area contributed by atoms with Gasteiger partial charge in [-0.25, -0.2) is 0 Å². The van der Waals surface area contributed by atoms with E-state index in [4.69, 9.17) is 0 Å². The van der Waals surface area contributed by atoms with Crippen LogP contribution in [0.4, 0.5) is 0 Å². The number of piperidine rings is 1. The Balaban J connectivity index is 1.77. The molecule has 1 aromatic rings. The fourth-order valence-electron chi connectivity index (χ4n) is 2.43. The minimum absolute atomic E-state index is 0.817. The SMILES string of the molecule is CC(C)C1CCCN(CCn2cnnc2)C1. The van der Waals surface area contributed by atoms with Gasteiger partial charge in [0, 0.05) is 19.6 Å². The van der Waals surface area contributed by atoms with Crippen molar-refractivity contribution in [2.45, 2.75) is 33.2 Å². The molecule has 2 rings (SSSR count). The number of hydrogen-bond donors (Lipinski definition) is 0. The van der Waals surface area contributed by atoms with Gasteiger partial charge in [-0.2, -0.15) is 0 Å². The minimum atomic E-state index is 0.817. The van der Waals surface area contributed by atoms with Gasteiger partial charge >= 0.3 is 0 Å². The van der Waals surface area contributed by atoms with Gasteiger partial charge in [-0.05, 0) is 31.2 Å². The van der Waals surface area contributed by atoms with Crippen LogP contribution in [0.15, 0.2) is 12.7 Å². The monoisotopic (exact) mass is 222 g/mol. The molecule has 1 aliphatic rings. The first-order valence-corrected chi connectivity index (χ1v) is 6.30. The van der Waals surface area contributed by atoms with Crippen molar-refractivity contribution in [3.8, 4) is 0 Å². The summed E-state index contributed by atoms with van der Waals surface area (Å²) in [5.74, 6) is 1.70. The maximum atomic E-state index is 3.82. The van der Waals surface area contributed by atoms with Gasteiger partial charge in [0.05, 0.1) is 0 Å². The molecule has 0 aromatic carbocycles. The number of rotatable bonds is 4. The van der Waals surface area contributed by atoms with Crippen LogP contribution in [0.5, 0.6) is 0 Å². The zero-order valence-electron chi connectivity index (χ0n) is 10.3. The highest BCUT2D eigenvalue weighted by Crippen LogP contribution is 2.23. The second-order valence-corrected chi connectivity index (χ2v) is 5.15. The second-order valence-electron chi connectivity index (χ2n) is 5.15. The molecule has 0 radical (unpaired) electrons. The van der Waals surface area contributed by atoms with Crippen molar-refractivity contribution >= 4 is 0 Å². The summed E-state index contributed by atoms with van der Waals surface area (Å²) in [5.41, 5.74) is 0. The Bertz CT molecular complexity index is 294. The molecule has 0 spiro atoms. The molecule has 1 unspecified atom stereocenters. The summed E-state index contributed by atoms with van der Waals surface area (Å²) in [7, 11) is 0. The standard InChI is InChI=1S/C12H22N4/c1-11(2)12-4-3-5-15(8-12)6-7-16-9-13-14-10-16/h9-12H,3-8H2,1-2H3. The van der Waals surface area contributed by atoms with Crippen LogP contribution < -0.4 is 0 Å². The van der Waals surface area contributed by atoms with Gasteiger partial charge < -0.3 is 9.47 Å². The topological polar surface area (TPSA) is 34.0 Å². The minimum Gasteiger partial charge on any atom is -0.319 e. The summed E-state index contributed by atoms with van der Waals surface area (Å²) < 4.78 is 2.05. The van der Waals surface area contributed by atoms with Crippen molar-refractivity contribution in [2.75, 3.05) is 19.6 Å². The van der Waals surface area contributed by atoms with Crippen LogP contribution in [0.2, 0.25) is 0 Å². The highest BCUT2D eigenvalue weighted by molar-refractivity contribution is 4.75. The normalized spacial score (nSPS) is 22.8. The van der Waals surface area contributed by atoms with Crippen molar-refractivity contribution in [1.29, 1.82) is 0 Å². The molecule has 0 amide bonds. The van der Waals surface area contributed by atoms with Crippen molar-refractivity contribution in [3.63, 3.8) is 0 Å². The van der Waals surface area contributed by atoms with E-state index in [-0.39, 0.29) is 0 Å². The van der Waals surface area contributed by atoms with Crippen molar-refractivity contribution < 1.29 is 0 Å². The van der Waals surface area contributed by atoms with Gasteiger partial charge in [-0.1, -0.05) is 13.8 Å². The summed E-state index contributed by atoms with van der Waals surface area (Å²) >= 11 is 0. The Labute approximate surface area is 97.7 Å². The molecule has 4 heteroatoms. The predicted molar refractivity (Wildman–Crippen MR) is 64.0 cm³/mol. The van der Waals surface area contributed by atoms with Gasteiger partial charge in [0.25, 0.3) is 0 Å². The molecule has 4 nitrogen and oxygen atoms in total. The van der Waals surface area contributed by atoms with Gasteiger partial charge in [0.15, 0.2) is 0 Å². The zero-order valence-corrected chi connectivity index (χ0v) is 10.3. The van der Waals surface area contributed by atoms with Crippen molar-refractivity contribution in [2.24, 2.45) is 11.8 Å². The molecule has 1 aliphatic heterocycles. The zero-order chi connectivity index (χ0) is 11.4. The lowest BCUT2D eigenvalue weighted by Gasteiger charge is -2.34. The van der Waals surface area contributed by atoms with Crippen molar-refractivity contribution in [3.05, 3.63) is 12.7 Å². The Morgan fingerprint density at radius 1 is 1.25 bits per heavy atom. The third kappa shape index (κ3) is 3.04. The van der Waals surface area contributed by atoms with E-state index in [1.807, 2.05) is 0 Å². The van der Waals surface area contributed by atoms with Crippen LogP contribution in [0.1, 0.15) is 26.7 Å². The summed E-state index contributed by atoms with van der Waals surface area (Å²) in [4.78, 5) is 2.58. The fourth-order valence-corrected chi connectivity index (χ4v) is 2.43. The molecule has 16 heavy (non-hydrogen) atoms. The van der Waals surface area contributed by atoms with E-state index in [0.717, 1.165) is 24.9 Å². The average molecular weight is 222 g/mol. The van der Waals surface area contributed by atoms with E-state index in [9.17, 15) is 0 Å². The molecule has 1 aromatic heterocycles. The van der Waals surface area contributed by atoms with Crippen LogP contribution in [-0.4, -0.2) is 39.3 Å². The van der Waals surface area contributed by atoms with Crippen LogP contribution in [0.25, 0.3) is 0 Å². The van der Waals surface area contributed by atoms with Gasteiger partial charge in [0.1, 0.15) is 12.7 Å². The van der Waals surface area contributed by atoms with E-state index in [1.54, 1.807) is 12.7 Å². The summed E-state index contributed by atoms with van der Waals surface area (Å²) in [6, 6.07) is 0. The van der Waals surface area contributed by atoms with Gasteiger partial charge in [-0.15, -0.1) is 10.2 Å². The van der Waals surface area contributed by atoms with E-state index in [2.05, 4.69) is 33.5 Å². The molecule has 0 aliphatic carbocycles. The molecule has 90 valence electrons. The molecule has 2 heterocycles. The van der Waals surface area contributed by atoms with E-state index < -0.39 is 0 Å². The first kappa shape index (κ1) is 11.6. The van der Waals surface area contributed by atoms with Crippen molar-refractivity contribution in [1.82, 2.24) is 19.7 Å². The molecule has 0 bridgehead atoms. The lowest BCUT2D eigenvalue weighted by atomic mass is 9.88. The van der Waals surface area contributed by atoms with Crippen LogP contribution >= 0.6 is 0 Å². The molecule has 1 saturated heterocycles. The first-order valence-electron chi connectivity index (χ1n) is 6.30. The molecule has 1 fully saturated rings. The predicted octanol–water partition coefficient (Wildman–Crippen LogP) is 1.65. The Hall–Kier alpha value is -0.900. The molecule has 0 N–H and O–H groups in total. The summed E-state index contributed by atoms with van der Waals surface area (Å²) in [6.07, 6.45) is 6.35. The maximum absolute atomic E-state index is 3.82. The number of likely N-dealkylation sites (tertiary alicyclic amines) is 1. The van der Waals surface area contributed by atoms with E-state index in [1.165, 1.54) is 25.9 Å². The lowest BCUT2D eigenvalue weighted by molar-refractivity contribution is 0.141. The average Bonchev–Trinajstić information content (AvgIpc) is 2.79. The quantitative estimate of drug-likeness (QED) is 0.776. The van der Waals surface area contributed by atoms with Crippen LogP contribution in [0, 0.1) is 11.8 Å². The summed E-state index contributed by atoms with van der Waals surface area (Å²) in [5, 5.41) is 7.65. The Kier molecular flexibility index (Phi) is 3.93. The molecule has 1 atom stereocenters.